The third-order valence-corrected chi connectivity index (χ3v) is 2.06. The van der Waals surface area contributed by atoms with Crippen molar-refractivity contribution in [2.75, 3.05) is 6.54 Å². The molecule has 3 nitrogen and oxygen atoms in total. The first-order valence-electron chi connectivity index (χ1n) is 5.22. The zero-order chi connectivity index (χ0) is 12.3. The SMILES string of the molecule is C=CCNC(=S)N/N=C\C=C\c1ccccc1. The first kappa shape index (κ1) is 13.1. The molecule has 0 saturated carbocycles. The number of hydrazone groups is 1. The zero-order valence-corrected chi connectivity index (χ0v) is 10.3. The molecule has 0 aliphatic carbocycles. The van der Waals surface area contributed by atoms with Crippen molar-refractivity contribution < 1.29 is 0 Å². The molecule has 1 aromatic carbocycles. The highest BCUT2D eigenvalue weighted by Crippen LogP contribution is 1.99. The molecule has 1 rings (SSSR count). The van der Waals surface area contributed by atoms with Gasteiger partial charge in [-0.2, -0.15) is 5.10 Å². The molecule has 0 radical (unpaired) electrons. The molecule has 0 aliphatic heterocycles. The molecule has 4 heteroatoms. The van der Waals surface area contributed by atoms with Crippen LogP contribution in [0.2, 0.25) is 0 Å². The summed E-state index contributed by atoms with van der Waals surface area (Å²) in [5.74, 6) is 0. The molecule has 88 valence electrons. The second-order valence-corrected chi connectivity index (χ2v) is 3.57. The van der Waals surface area contributed by atoms with E-state index in [1.54, 1.807) is 12.3 Å². The number of benzene rings is 1. The molecule has 0 atom stereocenters. The Bertz CT molecular complexity index is 410. The maximum Gasteiger partial charge on any atom is 0.187 e. The molecular formula is C13H15N3S. The summed E-state index contributed by atoms with van der Waals surface area (Å²) in [6.45, 7) is 4.20. The second-order valence-electron chi connectivity index (χ2n) is 3.16. The predicted octanol–water partition coefficient (Wildman–Crippen LogP) is 2.34. The van der Waals surface area contributed by atoms with E-state index in [-0.39, 0.29) is 0 Å². The summed E-state index contributed by atoms with van der Waals surface area (Å²) in [5, 5.41) is 7.33. The van der Waals surface area contributed by atoms with E-state index in [2.05, 4.69) is 22.4 Å². The van der Waals surface area contributed by atoms with Gasteiger partial charge in [0.15, 0.2) is 5.11 Å². The normalized spacial score (nSPS) is 10.6. The Hall–Kier alpha value is -1.94. The van der Waals surface area contributed by atoms with Gasteiger partial charge in [-0.05, 0) is 23.9 Å². The molecule has 0 amide bonds. The van der Waals surface area contributed by atoms with Gasteiger partial charge in [-0.15, -0.1) is 6.58 Å². The smallest absolute Gasteiger partial charge is 0.187 e. The second kappa shape index (κ2) is 8.24. The number of nitrogens with zero attached hydrogens (tertiary/aromatic N) is 1. The number of thiocarbonyl (C=S) groups is 1. The Labute approximate surface area is 107 Å². The quantitative estimate of drug-likeness (QED) is 0.362. The number of allylic oxidation sites excluding steroid dienone is 1. The molecule has 17 heavy (non-hydrogen) atoms. The zero-order valence-electron chi connectivity index (χ0n) is 9.47. The van der Waals surface area contributed by atoms with E-state index in [0.29, 0.717) is 11.7 Å². The Morgan fingerprint density at radius 2 is 2.12 bits per heavy atom. The van der Waals surface area contributed by atoms with Gasteiger partial charge in [0.05, 0.1) is 0 Å². The van der Waals surface area contributed by atoms with Gasteiger partial charge in [-0.3, -0.25) is 5.43 Å². The van der Waals surface area contributed by atoms with Crippen LogP contribution < -0.4 is 10.7 Å². The van der Waals surface area contributed by atoms with Crippen LogP contribution in [0.5, 0.6) is 0 Å². The van der Waals surface area contributed by atoms with Crippen LogP contribution in [0, 0.1) is 0 Å². The van der Waals surface area contributed by atoms with E-state index in [9.17, 15) is 0 Å². The maximum absolute atomic E-state index is 4.95. The average molecular weight is 245 g/mol. The van der Waals surface area contributed by atoms with Gasteiger partial charge in [-0.1, -0.05) is 42.5 Å². The van der Waals surface area contributed by atoms with Gasteiger partial charge < -0.3 is 5.32 Å². The van der Waals surface area contributed by atoms with Crippen LogP contribution in [0.15, 0.2) is 54.2 Å². The van der Waals surface area contributed by atoms with E-state index in [4.69, 9.17) is 12.2 Å². The Balaban J connectivity index is 2.28. The van der Waals surface area contributed by atoms with Crippen molar-refractivity contribution in [3.63, 3.8) is 0 Å². The summed E-state index contributed by atoms with van der Waals surface area (Å²) >= 11 is 4.95. The van der Waals surface area contributed by atoms with Crippen LogP contribution in [0.1, 0.15) is 5.56 Å². The van der Waals surface area contributed by atoms with Gasteiger partial charge in [0.25, 0.3) is 0 Å². The molecule has 1 aromatic rings. The van der Waals surface area contributed by atoms with Crippen molar-refractivity contribution in [1.82, 2.24) is 10.7 Å². The Kier molecular flexibility index (Phi) is 6.36. The van der Waals surface area contributed by atoms with Gasteiger partial charge >= 0.3 is 0 Å². The molecule has 0 fully saturated rings. The van der Waals surface area contributed by atoms with Crippen LogP contribution in [-0.2, 0) is 0 Å². The first-order valence-corrected chi connectivity index (χ1v) is 5.63. The monoisotopic (exact) mass is 245 g/mol. The van der Waals surface area contributed by atoms with E-state index in [1.807, 2.05) is 42.5 Å². The van der Waals surface area contributed by atoms with Crippen LogP contribution in [-0.4, -0.2) is 17.9 Å². The van der Waals surface area contributed by atoms with E-state index in [1.165, 1.54) is 0 Å². The molecule has 0 saturated heterocycles. The molecule has 0 spiro atoms. The van der Waals surface area contributed by atoms with Crippen molar-refractivity contribution in [1.29, 1.82) is 0 Å². The lowest BCUT2D eigenvalue weighted by molar-refractivity contribution is 0.942. The lowest BCUT2D eigenvalue weighted by atomic mass is 10.2. The third kappa shape index (κ3) is 6.27. The Morgan fingerprint density at radius 1 is 1.35 bits per heavy atom. The van der Waals surface area contributed by atoms with Crippen molar-refractivity contribution in [3.8, 4) is 0 Å². The minimum Gasteiger partial charge on any atom is -0.358 e. The number of hydrogen-bond donors (Lipinski definition) is 2. The molecule has 2 N–H and O–H groups in total. The summed E-state index contributed by atoms with van der Waals surface area (Å²) in [7, 11) is 0. The van der Waals surface area contributed by atoms with Crippen molar-refractivity contribution in [3.05, 3.63) is 54.6 Å². The molecule has 0 aliphatic rings. The van der Waals surface area contributed by atoms with Gasteiger partial charge in [0, 0.05) is 12.8 Å². The predicted molar refractivity (Wildman–Crippen MR) is 77.9 cm³/mol. The van der Waals surface area contributed by atoms with Gasteiger partial charge in [0.1, 0.15) is 0 Å². The fourth-order valence-electron chi connectivity index (χ4n) is 1.06. The fourth-order valence-corrected chi connectivity index (χ4v) is 1.20. The van der Waals surface area contributed by atoms with Crippen molar-refractivity contribution in [2.24, 2.45) is 5.10 Å². The lowest BCUT2D eigenvalue weighted by Gasteiger charge is -2.02. The minimum absolute atomic E-state index is 0.481. The molecule has 0 bridgehead atoms. The molecule has 0 unspecified atom stereocenters. The van der Waals surface area contributed by atoms with Gasteiger partial charge in [0.2, 0.25) is 0 Å². The lowest BCUT2D eigenvalue weighted by Crippen LogP contribution is -2.31. The third-order valence-electron chi connectivity index (χ3n) is 1.82. The van der Waals surface area contributed by atoms with Crippen LogP contribution in [0.25, 0.3) is 6.08 Å². The number of nitrogens with one attached hydrogen (secondary N) is 2. The maximum atomic E-state index is 4.95. The summed E-state index contributed by atoms with van der Waals surface area (Å²) in [6, 6.07) is 10.0. The highest BCUT2D eigenvalue weighted by molar-refractivity contribution is 7.80. The van der Waals surface area contributed by atoms with Crippen LogP contribution in [0.3, 0.4) is 0 Å². The van der Waals surface area contributed by atoms with E-state index < -0.39 is 0 Å². The van der Waals surface area contributed by atoms with Crippen molar-refractivity contribution in [2.45, 2.75) is 0 Å². The highest BCUT2D eigenvalue weighted by Gasteiger charge is 1.86. The van der Waals surface area contributed by atoms with E-state index >= 15 is 0 Å². The largest absolute Gasteiger partial charge is 0.358 e. The molecule has 0 aromatic heterocycles. The summed E-state index contributed by atoms with van der Waals surface area (Å²) < 4.78 is 0. The summed E-state index contributed by atoms with van der Waals surface area (Å²) in [6.07, 6.45) is 7.19. The standard InChI is InChI=1S/C13H15N3S/c1-2-10-14-13(17)16-15-11-6-9-12-7-4-3-5-8-12/h2-9,11H,1,10H2,(H2,14,16,17)/b9-6+,15-11-. The topological polar surface area (TPSA) is 36.4 Å². The minimum atomic E-state index is 0.481. The Morgan fingerprint density at radius 3 is 2.82 bits per heavy atom. The molecule has 0 heterocycles. The highest BCUT2D eigenvalue weighted by atomic mass is 32.1. The summed E-state index contributed by atoms with van der Waals surface area (Å²) in [4.78, 5) is 0. The number of rotatable bonds is 5. The van der Waals surface area contributed by atoms with Crippen LogP contribution in [0.4, 0.5) is 0 Å². The average Bonchev–Trinajstić information content (AvgIpc) is 2.37. The first-order chi connectivity index (χ1) is 8.33. The van der Waals surface area contributed by atoms with E-state index in [0.717, 1.165) is 5.56 Å². The van der Waals surface area contributed by atoms with Crippen molar-refractivity contribution >= 4 is 29.6 Å². The molecular weight excluding hydrogens is 230 g/mol. The number of hydrogen-bond acceptors (Lipinski definition) is 2. The van der Waals surface area contributed by atoms with Crippen LogP contribution >= 0.6 is 12.2 Å². The fraction of sp³-hybridized carbons (Fsp3) is 0.0769. The van der Waals surface area contributed by atoms with Gasteiger partial charge in [-0.25, -0.2) is 0 Å². The summed E-state index contributed by atoms with van der Waals surface area (Å²) in [5.41, 5.74) is 3.83.